The van der Waals surface area contributed by atoms with Gasteiger partial charge in [-0.05, 0) is 54.5 Å². The van der Waals surface area contributed by atoms with Crippen LogP contribution in [0.3, 0.4) is 0 Å². The van der Waals surface area contributed by atoms with Crippen LogP contribution in [0.2, 0.25) is 0 Å². The van der Waals surface area contributed by atoms with Crippen LogP contribution in [0.25, 0.3) is 28.1 Å². The molecule has 142 valence electrons. The molecule has 28 heavy (non-hydrogen) atoms. The first-order valence-corrected chi connectivity index (χ1v) is 9.55. The maximum atomic E-state index is 14.7. The fourth-order valence-corrected chi connectivity index (χ4v) is 4.21. The van der Waals surface area contributed by atoms with E-state index in [0.29, 0.717) is 29.5 Å². The highest BCUT2D eigenvalue weighted by atomic mass is 19.1. The van der Waals surface area contributed by atoms with Gasteiger partial charge in [-0.2, -0.15) is 0 Å². The Morgan fingerprint density at radius 1 is 1.14 bits per heavy atom. The minimum absolute atomic E-state index is 0.0951. The molecule has 6 nitrogen and oxygen atoms in total. The number of benzene rings is 1. The Morgan fingerprint density at radius 3 is 2.93 bits per heavy atom. The van der Waals surface area contributed by atoms with Crippen molar-refractivity contribution < 1.29 is 9.50 Å². The largest absolute Gasteiger partial charge is 0.507 e. The molecule has 0 unspecified atom stereocenters. The molecule has 1 aromatic carbocycles. The van der Waals surface area contributed by atoms with Gasteiger partial charge in [0.15, 0.2) is 5.82 Å². The summed E-state index contributed by atoms with van der Waals surface area (Å²) in [6, 6.07) is 5.59. The molecule has 2 bridgehead atoms. The number of hydrogen-bond donors (Lipinski definition) is 2. The van der Waals surface area contributed by atoms with E-state index in [1.54, 1.807) is 30.7 Å². The highest BCUT2D eigenvalue weighted by Crippen LogP contribution is 2.33. The van der Waals surface area contributed by atoms with E-state index in [-0.39, 0.29) is 11.8 Å². The number of fused-ring (bicyclic) bond motifs is 3. The van der Waals surface area contributed by atoms with Crippen molar-refractivity contribution in [1.82, 2.24) is 25.5 Å². The summed E-state index contributed by atoms with van der Waals surface area (Å²) in [5, 5.41) is 23.8. The number of piperidine rings is 2. The monoisotopic (exact) mass is 377 g/mol. The minimum Gasteiger partial charge on any atom is -0.507 e. The molecule has 2 fully saturated rings. The third kappa shape index (κ3) is 3.11. The summed E-state index contributed by atoms with van der Waals surface area (Å²) in [4.78, 5) is 8.40. The summed E-state index contributed by atoms with van der Waals surface area (Å²) in [5.74, 6) is 0.489. The van der Waals surface area contributed by atoms with E-state index in [4.69, 9.17) is 0 Å². The van der Waals surface area contributed by atoms with Gasteiger partial charge in [0.1, 0.15) is 17.6 Å². The van der Waals surface area contributed by atoms with Crippen LogP contribution in [0.15, 0.2) is 42.4 Å². The zero-order chi connectivity index (χ0) is 19.1. The van der Waals surface area contributed by atoms with Crippen molar-refractivity contribution in [3.8, 4) is 17.0 Å². The topological polar surface area (TPSA) is 83.8 Å². The van der Waals surface area contributed by atoms with Gasteiger partial charge in [-0.15, -0.1) is 10.2 Å². The average molecular weight is 377 g/mol. The van der Waals surface area contributed by atoms with Crippen LogP contribution >= 0.6 is 0 Å². The van der Waals surface area contributed by atoms with E-state index >= 15 is 0 Å². The van der Waals surface area contributed by atoms with Crippen LogP contribution in [0.4, 0.5) is 4.39 Å². The maximum Gasteiger partial charge on any atom is 0.174 e. The molecular formula is C21H20FN5O. The molecule has 4 heterocycles. The fraction of sp³-hybridized carbons (Fsp3) is 0.333. The average Bonchev–Trinajstić information content (AvgIpc) is 2.72. The molecule has 2 saturated heterocycles. The zero-order valence-corrected chi connectivity index (χ0v) is 15.2. The molecule has 2 N–H and O–H groups in total. The Morgan fingerprint density at radius 2 is 2.07 bits per heavy atom. The number of pyridine rings is 1. The van der Waals surface area contributed by atoms with Gasteiger partial charge in [-0.1, -0.05) is 6.42 Å². The highest BCUT2D eigenvalue weighted by Gasteiger charge is 2.36. The van der Waals surface area contributed by atoms with Gasteiger partial charge in [-0.25, -0.2) is 9.37 Å². The van der Waals surface area contributed by atoms with E-state index in [2.05, 4.69) is 25.5 Å². The molecule has 0 amide bonds. The van der Waals surface area contributed by atoms with E-state index in [0.717, 1.165) is 35.6 Å². The summed E-state index contributed by atoms with van der Waals surface area (Å²) in [6.45, 7) is 0. The Bertz CT molecular complexity index is 1050. The van der Waals surface area contributed by atoms with Crippen molar-refractivity contribution in [2.24, 2.45) is 0 Å². The predicted octanol–water partition coefficient (Wildman–Crippen LogP) is 3.43. The fourth-order valence-electron chi connectivity index (χ4n) is 4.21. The van der Waals surface area contributed by atoms with Crippen molar-refractivity contribution in [3.05, 3.63) is 48.2 Å². The third-order valence-electron chi connectivity index (χ3n) is 5.63. The smallest absolute Gasteiger partial charge is 0.174 e. The molecule has 5 rings (SSSR count). The van der Waals surface area contributed by atoms with Crippen LogP contribution < -0.4 is 5.32 Å². The highest BCUT2D eigenvalue weighted by molar-refractivity contribution is 5.89. The van der Waals surface area contributed by atoms with Crippen LogP contribution in [0.1, 0.15) is 31.5 Å². The van der Waals surface area contributed by atoms with E-state index in [1.165, 1.54) is 0 Å². The third-order valence-corrected chi connectivity index (χ3v) is 5.63. The molecular weight excluding hydrogens is 357 g/mol. The lowest BCUT2D eigenvalue weighted by Gasteiger charge is -2.39. The van der Waals surface area contributed by atoms with Gasteiger partial charge in [0.25, 0.3) is 0 Å². The molecule has 0 spiro atoms. The van der Waals surface area contributed by atoms with E-state index in [9.17, 15) is 9.50 Å². The quantitative estimate of drug-likeness (QED) is 0.712. The lowest BCUT2D eigenvalue weighted by molar-refractivity contribution is 0.179. The second-order valence-corrected chi connectivity index (χ2v) is 7.52. The molecule has 7 heteroatoms. The van der Waals surface area contributed by atoms with Crippen LogP contribution in [0.5, 0.6) is 5.75 Å². The first-order valence-electron chi connectivity index (χ1n) is 9.55. The van der Waals surface area contributed by atoms with Crippen molar-refractivity contribution in [2.75, 3.05) is 0 Å². The SMILES string of the molecule is Oc1cc2cnccc2cc1-c1cnc(/C=C2\C[C@@H]3CCC[C@H](N3)[C@H]2F)nn1. The Hall–Kier alpha value is -2.93. The van der Waals surface area contributed by atoms with Crippen molar-refractivity contribution >= 4 is 16.8 Å². The number of aromatic nitrogens is 4. The van der Waals surface area contributed by atoms with E-state index < -0.39 is 6.17 Å². The lowest BCUT2D eigenvalue weighted by Crippen LogP contribution is -2.52. The number of aromatic hydroxyl groups is 1. The van der Waals surface area contributed by atoms with Gasteiger partial charge in [-0.3, -0.25) is 4.98 Å². The number of hydrogen-bond acceptors (Lipinski definition) is 6. The number of phenols is 1. The lowest BCUT2D eigenvalue weighted by atomic mass is 9.82. The van der Waals surface area contributed by atoms with Crippen LogP contribution in [0, 0.1) is 0 Å². The molecule has 2 aliphatic rings. The number of alkyl halides is 1. The second-order valence-electron chi connectivity index (χ2n) is 7.52. The zero-order valence-electron chi connectivity index (χ0n) is 15.2. The normalized spacial score (nSPS) is 25.9. The first-order chi connectivity index (χ1) is 13.7. The molecule has 0 aliphatic carbocycles. The molecule has 3 aromatic rings. The predicted molar refractivity (Wildman–Crippen MR) is 104 cm³/mol. The van der Waals surface area contributed by atoms with Crippen LogP contribution in [-0.4, -0.2) is 43.5 Å². The maximum absolute atomic E-state index is 14.7. The summed E-state index contributed by atoms with van der Waals surface area (Å²) in [6.07, 6.45) is 9.38. The Balaban J connectivity index is 1.44. The van der Waals surface area contributed by atoms with E-state index in [1.807, 2.05) is 12.1 Å². The second kappa shape index (κ2) is 6.91. The summed E-state index contributed by atoms with van der Waals surface area (Å²) >= 11 is 0. The number of phenolic OH excluding ortho intramolecular Hbond substituents is 1. The van der Waals surface area contributed by atoms with Gasteiger partial charge in [0.05, 0.1) is 6.20 Å². The Labute approximate surface area is 161 Å². The number of nitrogens with one attached hydrogen (secondary N) is 1. The van der Waals surface area contributed by atoms with Gasteiger partial charge in [0.2, 0.25) is 0 Å². The number of halogens is 1. The summed E-state index contributed by atoms with van der Waals surface area (Å²) in [7, 11) is 0. The van der Waals surface area contributed by atoms with Gasteiger partial charge in [0, 0.05) is 35.4 Å². The number of nitrogens with zero attached hydrogens (tertiary/aromatic N) is 4. The van der Waals surface area contributed by atoms with Gasteiger partial charge >= 0.3 is 0 Å². The minimum atomic E-state index is -1.00. The van der Waals surface area contributed by atoms with Crippen molar-refractivity contribution in [2.45, 2.75) is 43.9 Å². The van der Waals surface area contributed by atoms with Gasteiger partial charge < -0.3 is 10.4 Å². The molecule has 3 atom stereocenters. The number of rotatable bonds is 2. The molecule has 0 saturated carbocycles. The van der Waals surface area contributed by atoms with Crippen molar-refractivity contribution in [1.29, 1.82) is 0 Å². The summed E-state index contributed by atoms with van der Waals surface area (Å²) in [5.41, 5.74) is 1.76. The summed E-state index contributed by atoms with van der Waals surface area (Å²) < 4.78 is 14.7. The standard InChI is InChI=1S/C21H20FN5O/c22-21-13(6-15-2-1-3-17(21)25-15)9-20-24-11-18(26-27-20)16-7-12-4-5-23-10-14(12)8-19(16)28/h4-5,7-11,15,17,21,25,28H,1-3,6H2/b13-9+/t15-,17-,21-/m0/s1. The Kier molecular flexibility index (Phi) is 4.24. The molecule has 0 radical (unpaired) electrons. The molecule has 2 aromatic heterocycles. The van der Waals surface area contributed by atoms with Crippen LogP contribution in [-0.2, 0) is 0 Å². The first kappa shape index (κ1) is 17.2. The molecule has 2 aliphatic heterocycles. The van der Waals surface area contributed by atoms with Crippen molar-refractivity contribution in [3.63, 3.8) is 0 Å².